The van der Waals surface area contributed by atoms with Gasteiger partial charge < -0.3 is 5.73 Å². The SMILES string of the molecule is NCCCc1nc2c(Cl)cccc2c(=O)n1-c1cc(F)cc(F)c1. The van der Waals surface area contributed by atoms with E-state index in [9.17, 15) is 13.6 Å². The monoisotopic (exact) mass is 349 g/mol. The average molecular weight is 350 g/mol. The molecule has 1 heterocycles. The number of aryl methyl sites for hydroxylation is 1. The Bertz CT molecular complexity index is 952. The lowest BCUT2D eigenvalue weighted by Crippen LogP contribution is -2.24. The Hall–Kier alpha value is -2.31. The molecule has 2 N–H and O–H groups in total. The second kappa shape index (κ2) is 6.67. The van der Waals surface area contributed by atoms with Gasteiger partial charge >= 0.3 is 0 Å². The topological polar surface area (TPSA) is 60.9 Å². The zero-order valence-corrected chi connectivity index (χ0v) is 13.4. The van der Waals surface area contributed by atoms with Crippen LogP contribution in [0.5, 0.6) is 0 Å². The van der Waals surface area contributed by atoms with Crippen molar-refractivity contribution in [3.8, 4) is 5.69 Å². The van der Waals surface area contributed by atoms with Crippen LogP contribution in [0.2, 0.25) is 5.02 Å². The first-order valence-electron chi connectivity index (χ1n) is 7.38. The number of benzene rings is 2. The van der Waals surface area contributed by atoms with Gasteiger partial charge in [-0.2, -0.15) is 0 Å². The lowest BCUT2D eigenvalue weighted by atomic mass is 10.2. The summed E-state index contributed by atoms with van der Waals surface area (Å²) in [6, 6.07) is 7.77. The molecule has 0 spiro atoms. The van der Waals surface area contributed by atoms with Crippen molar-refractivity contribution >= 4 is 22.5 Å². The summed E-state index contributed by atoms with van der Waals surface area (Å²) in [7, 11) is 0. The van der Waals surface area contributed by atoms with Gasteiger partial charge in [0, 0.05) is 12.5 Å². The molecule has 0 radical (unpaired) electrons. The maximum atomic E-state index is 13.6. The van der Waals surface area contributed by atoms with Crippen molar-refractivity contribution in [1.82, 2.24) is 9.55 Å². The van der Waals surface area contributed by atoms with E-state index in [0.29, 0.717) is 35.8 Å². The van der Waals surface area contributed by atoms with Crippen LogP contribution >= 0.6 is 11.6 Å². The Balaban J connectivity index is 2.35. The first kappa shape index (κ1) is 16.5. The quantitative estimate of drug-likeness (QED) is 0.786. The summed E-state index contributed by atoms with van der Waals surface area (Å²) >= 11 is 6.13. The van der Waals surface area contributed by atoms with E-state index < -0.39 is 17.2 Å². The van der Waals surface area contributed by atoms with Crippen molar-refractivity contribution in [2.45, 2.75) is 12.8 Å². The smallest absolute Gasteiger partial charge is 0.266 e. The molecule has 2 aromatic carbocycles. The summed E-state index contributed by atoms with van der Waals surface area (Å²) < 4.78 is 28.4. The van der Waals surface area contributed by atoms with Gasteiger partial charge in [-0.05, 0) is 37.2 Å². The number of hydrogen-bond donors (Lipinski definition) is 1. The third-order valence-corrected chi connectivity index (χ3v) is 3.93. The van der Waals surface area contributed by atoms with Gasteiger partial charge in [-0.15, -0.1) is 0 Å². The van der Waals surface area contributed by atoms with Crippen LogP contribution in [-0.2, 0) is 6.42 Å². The van der Waals surface area contributed by atoms with Crippen LogP contribution < -0.4 is 11.3 Å². The molecule has 4 nitrogen and oxygen atoms in total. The Morgan fingerprint density at radius 3 is 2.54 bits per heavy atom. The van der Waals surface area contributed by atoms with E-state index in [0.717, 1.165) is 18.2 Å². The predicted molar refractivity (Wildman–Crippen MR) is 89.6 cm³/mol. The minimum atomic E-state index is -0.770. The minimum absolute atomic E-state index is 0.0823. The normalized spacial score (nSPS) is 11.2. The molecule has 0 atom stereocenters. The molecule has 7 heteroatoms. The van der Waals surface area contributed by atoms with Gasteiger partial charge in [0.15, 0.2) is 0 Å². The van der Waals surface area contributed by atoms with Gasteiger partial charge in [0.25, 0.3) is 5.56 Å². The first-order chi connectivity index (χ1) is 11.5. The van der Waals surface area contributed by atoms with Crippen LogP contribution in [-0.4, -0.2) is 16.1 Å². The fraction of sp³-hybridized carbons (Fsp3) is 0.176. The summed E-state index contributed by atoms with van der Waals surface area (Å²) in [4.78, 5) is 17.3. The maximum absolute atomic E-state index is 13.6. The van der Waals surface area contributed by atoms with E-state index in [4.69, 9.17) is 17.3 Å². The van der Waals surface area contributed by atoms with E-state index in [-0.39, 0.29) is 11.1 Å². The highest BCUT2D eigenvalue weighted by Gasteiger charge is 2.15. The highest BCUT2D eigenvalue weighted by Crippen LogP contribution is 2.21. The number of fused-ring (bicyclic) bond motifs is 1. The molecule has 124 valence electrons. The van der Waals surface area contributed by atoms with Crippen molar-refractivity contribution in [1.29, 1.82) is 0 Å². The molecule has 3 rings (SSSR count). The lowest BCUT2D eigenvalue weighted by molar-refractivity contribution is 0.580. The van der Waals surface area contributed by atoms with Gasteiger partial charge in [0.05, 0.1) is 21.6 Å². The summed E-state index contributed by atoms with van der Waals surface area (Å²) in [5, 5.41) is 0.625. The highest BCUT2D eigenvalue weighted by molar-refractivity contribution is 6.34. The summed E-state index contributed by atoms with van der Waals surface area (Å²) in [5.41, 5.74) is 5.55. The molecule has 0 unspecified atom stereocenters. The number of nitrogens with zero attached hydrogens (tertiary/aromatic N) is 2. The maximum Gasteiger partial charge on any atom is 0.266 e. The molecule has 0 amide bonds. The summed E-state index contributed by atoms with van der Waals surface area (Å²) in [5.74, 6) is -1.18. The number of hydrogen-bond acceptors (Lipinski definition) is 3. The van der Waals surface area contributed by atoms with Crippen molar-refractivity contribution < 1.29 is 8.78 Å². The minimum Gasteiger partial charge on any atom is -0.330 e. The standard InChI is InChI=1S/C17H14ClF2N3O/c18-14-4-1-3-13-16(14)22-15(5-2-6-21)23(17(13)24)12-8-10(19)7-11(20)9-12/h1,3-4,7-9H,2,5-6,21H2. The van der Waals surface area contributed by atoms with E-state index >= 15 is 0 Å². The van der Waals surface area contributed by atoms with Crippen LogP contribution in [0.1, 0.15) is 12.2 Å². The molecule has 0 saturated heterocycles. The predicted octanol–water partition coefficient (Wildman–Crippen LogP) is 3.21. The van der Waals surface area contributed by atoms with Crippen molar-refractivity contribution in [3.63, 3.8) is 0 Å². The van der Waals surface area contributed by atoms with Gasteiger partial charge in [0.1, 0.15) is 17.5 Å². The van der Waals surface area contributed by atoms with E-state index in [1.165, 1.54) is 4.57 Å². The number of rotatable bonds is 4. The van der Waals surface area contributed by atoms with Gasteiger partial charge in [0.2, 0.25) is 0 Å². The zero-order valence-electron chi connectivity index (χ0n) is 12.6. The molecule has 0 aliphatic carbocycles. The van der Waals surface area contributed by atoms with Crippen molar-refractivity contribution in [2.75, 3.05) is 6.54 Å². The Kier molecular flexibility index (Phi) is 4.59. The van der Waals surface area contributed by atoms with Crippen molar-refractivity contribution in [2.24, 2.45) is 5.73 Å². The molecule has 0 aliphatic heterocycles. The lowest BCUT2D eigenvalue weighted by Gasteiger charge is -2.14. The van der Waals surface area contributed by atoms with Crippen LogP contribution in [0.25, 0.3) is 16.6 Å². The largest absolute Gasteiger partial charge is 0.330 e. The molecule has 0 fully saturated rings. The first-order valence-corrected chi connectivity index (χ1v) is 7.75. The number of halogens is 3. The molecule has 24 heavy (non-hydrogen) atoms. The molecule has 1 aromatic heterocycles. The highest BCUT2D eigenvalue weighted by atomic mass is 35.5. The fourth-order valence-electron chi connectivity index (χ4n) is 2.58. The summed E-state index contributed by atoms with van der Waals surface area (Å²) in [6.07, 6.45) is 0.950. The van der Waals surface area contributed by atoms with Crippen molar-refractivity contribution in [3.05, 3.63) is 69.2 Å². The molecule has 0 bridgehead atoms. The average Bonchev–Trinajstić information content (AvgIpc) is 2.53. The zero-order chi connectivity index (χ0) is 17.3. The van der Waals surface area contributed by atoms with Gasteiger partial charge in [-0.25, -0.2) is 13.8 Å². The molecule has 0 saturated carbocycles. The van der Waals surface area contributed by atoms with Gasteiger partial charge in [-0.3, -0.25) is 9.36 Å². The van der Waals surface area contributed by atoms with Gasteiger partial charge in [-0.1, -0.05) is 17.7 Å². The van der Waals surface area contributed by atoms with Crippen LogP contribution in [0.3, 0.4) is 0 Å². The van der Waals surface area contributed by atoms with Crippen LogP contribution in [0, 0.1) is 11.6 Å². The molecule has 0 aliphatic rings. The number of para-hydroxylation sites is 1. The Morgan fingerprint density at radius 1 is 1.17 bits per heavy atom. The molecule has 3 aromatic rings. The molecular weight excluding hydrogens is 336 g/mol. The second-order valence-corrected chi connectivity index (χ2v) is 5.73. The third-order valence-electron chi connectivity index (χ3n) is 3.63. The Labute approximate surface area is 141 Å². The van der Waals surface area contributed by atoms with Crippen LogP contribution in [0.15, 0.2) is 41.2 Å². The third kappa shape index (κ3) is 3.02. The van der Waals surface area contributed by atoms with E-state index in [1.54, 1.807) is 18.2 Å². The summed E-state index contributed by atoms with van der Waals surface area (Å²) in [6.45, 7) is 0.397. The number of nitrogens with two attached hydrogens (primary N) is 1. The van der Waals surface area contributed by atoms with E-state index in [1.807, 2.05) is 0 Å². The second-order valence-electron chi connectivity index (χ2n) is 5.32. The fourth-order valence-corrected chi connectivity index (χ4v) is 2.80. The Morgan fingerprint density at radius 2 is 1.88 bits per heavy atom. The number of aromatic nitrogens is 2. The van der Waals surface area contributed by atoms with Crippen LogP contribution in [0.4, 0.5) is 8.78 Å². The molecular formula is C17H14ClF2N3O. The van der Waals surface area contributed by atoms with E-state index in [2.05, 4.69) is 4.98 Å².